The fraction of sp³-hybridized carbons (Fsp3) is 0.812. The standard InChI is InChI=1S/C16H30N4O/c1-13-4-6-19(7-5-13)12-16(21)9-17-15(3)11-20-10-14(2)8-18-20/h8,10,13,15-17,21H,4-7,9,11-12H2,1-3H3/t15-,16+/m0/s1. The molecule has 0 amide bonds. The highest BCUT2D eigenvalue weighted by molar-refractivity contribution is 4.99. The molecule has 0 unspecified atom stereocenters. The van der Waals surface area contributed by atoms with Crippen LogP contribution in [0.5, 0.6) is 0 Å². The maximum Gasteiger partial charge on any atom is 0.0791 e. The Balaban J connectivity index is 1.62. The summed E-state index contributed by atoms with van der Waals surface area (Å²) < 4.78 is 1.95. The number of aryl methyl sites for hydroxylation is 1. The van der Waals surface area contributed by atoms with E-state index in [2.05, 4.69) is 29.2 Å². The van der Waals surface area contributed by atoms with Gasteiger partial charge in [0.05, 0.1) is 18.8 Å². The minimum Gasteiger partial charge on any atom is -0.390 e. The van der Waals surface area contributed by atoms with Crippen molar-refractivity contribution in [1.82, 2.24) is 20.0 Å². The average Bonchev–Trinajstić information content (AvgIpc) is 2.84. The summed E-state index contributed by atoms with van der Waals surface area (Å²) in [5.41, 5.74) is 1.18. The molecule has 2 rings (SSSR count). The van der Waals surface area contributed by atoms with E-state index in [4.69, 9.17) is 0 Å². The third kappa shape index (κ3) is 5.77. The van der Waals surface area contributed by atoms with Crippen LogP contribution in [0.25, 0.3) is 0 Å². The summed E-state index contributed by atoms with van der Waals surface area (Å²) >= 11 is 0. The largest absolute Gasteiger partial charge is 0.390 e. The zero-order valence-electron chi connectivity index (χ0n) is 13.6. The normalized spacial score (nSPS) is 20.6. The molecular weight excluding hydrogens is 264 g/mol. The Labute approximate surface area is 128 Å². The first-order chi connectivity index (χ1) is 10.0. The van der Waals surface area contributed by atoms with Crippen LogP contribution >= 0.6 is 0 Å². The van der Waals surface area contributed by atoms with E-state index in [1.807, 2.05) is 24.0 Å². The van der Waals surface area contributed by atoms with Gasteiger partial charge in [0, 0.05) is 25.3 Å². The van der Waals surface area contributed by atoms with Crippen LogP contribution in [0.2, 0.25) is 0 Å². The molecule has 2 atom stereocenters. The Morgan fingerprint density at radius 2 is 2.10 bits per heavy atom. The maximum atomic E-state index is 10.2. The highest BCUT2D eigenvalue weighted by Crippen LogP contribution is 2.15. The van der Waals surface area contributed by atoms with E-state index >= 15 is 0 Å². The summed E-state index contributed by atoms with van der Waals surface area (Å²) in [5.74, 6) is 0.842. The number of hydrogen-bond acceptors (Lipinski definition) is 4. The monoisotopic (exact) mass is 294 g/mol. The van der Waals surface area contributed by atoms with Gasteiger partial charge in [-0.3, -0.25) is 4.68 Å². The molecule has 2 heterocycles. The number of nitrogens with zero attached hydrogens (tertiary/aromatic N) is 3. The topological polar surface area (TPSA) is 53.3 Å². The predicted octanol–water partition coefficient (Wildman–Crippen LogP) is 1.26. The summed E-state index contributed by atoms with van der Waals surface area (Å²) in [6, 6.07) is 0.306. The number of rotatable bonds is 7. The number of aliphatic hydroxyl groups is 1. The van der Waals surface area contributed by atoms with Crippen molar-refractivity contribution >= 4 is 0 Å². The lowest BCUT2D eigenvalue weighted by molar-refractivity contribution is 0.0887. The van der Waals surface area contributed by atoms with Gasteiger partial charge in [-0.2, -0.15) is 5.10 Å². The summed E-state index contributed by atoms with van der Waals surface area (Å²) in [7, 11) is 0. The van der Waals surface area contributed by atoms with Crippen LogP contribution in [0.1, 0.15) is 32.3 Å². The number of hydrogen-bond donors (Lipinski definition) is 2. The zero-order chi connectivity index (χ0) is 15.2. The first kappa shape index (κ1) is 16.5. The van der Waals surface area contributed by atoms with E-state index < -0.39 is 0 Å². The van der Waals surface area contributed by atoms with Crippen LogP contribution in [0.3, 0.4) is 0 Å². The van der Waals surface area contributed by atoms with Crippen molar-refractivity contribution in [1.29, 1.82) is 0 Å². The molecule has 1 saturated heterocycles. The molecule has 0 bridgehead atoms. The van der Waals surface area contributed by atoms with Crippen molar-refractivity contribution < 1.29 is 5.11 Å². The molecule has 0 aromatic carbocycles. The SMILES string of the molecule is Cc1cnn(C[C@H](C)NC[C@@H](O)CN2CCC(C)CC2)c1. The number of aromatic nitrogens is 2. The lowest BCUT2D eigenvalue weighted by atomic mass is 9.99. The minimum absolute atomic E-state index is 0.291. The fourth-order valence-electron chi connectivity index (χ4n) is 2.86. The van der Waals surface area contributed by atoms with Crippen molar-refractivity contribution in [2.24, 2.45) is 5.92 Å². The summed E-state index contributed by atoms with van der Waals surface area (Å²) in [4.78, 5) is 2.38. The molecule has 0 saturated carbocycles. The Morgan fingerprint density at radius 1 is 1.38 bits per heavy atom. The molecule has 120 valence electrons. The van der Waals surface area contributed by atoms with Gasteiger partial charge in [-0.15, -0.1) is 0 Å². The van der Waals surface area contributed by atoms with Gasteiger partial charge in [0.25, 0.3) is 0 Å². The van der Waals surface area contributed by atoms with E-state index in [0.717, 1.165) is 32.1 Å². The molecule has 5 nitrogen and oxygen atoms in total. The highest BCUT2D eigenvalue weighted by Gasteiger charge is 2.18. The number of nitrogens with one attached hydrogen (secondary N) is 1. The molecular formula is C16H30N4O. The van der Waals surface area contributed by atoms with E-state index in [9.17, 15) is 5.11 Å². The van der Waals surface area contributed by atoms with Gasteiger partial charge in [-0.05, 0) is 51.3 Å². The first-order valence-electron chi connectivity index (χ1n) is 8.16. The van der Waals surface area contributed by atoms with Crippen LogP contribution < -0.4 is 5.32 Å². The maximum absolute atomic E-state index is 10.2. The molecule has 0 aliphatic carbocycles. The molecule has 21 heavy (non-hydrogen) atoms. The van der Waals surface area contributed by atoms with Crippen molar-refractivity contribution in [3.8, 4) is 0 Å². The van der Waals surface area contributed by atoms with Gasteiger partial charge in [-0.1, -0.05) is 6.92 Å². The van der Waals surface area contributed by atoms with Gasteiger partial charge in [0.1, 0.15) is 0 Å². The third-order valence-corrected chi connectivity index (χ3v) is 4.27. The second-order valence-electron chi connectivity index (χ2n) is 6.69. The van der Waals surface area contributed by atoms with Crippen molar-refractivity contribution in [2.45, 2.75) is 52.3 Å². The van der Waals surface area contributed by atoms with Gasteiger partial charge >= 0.3 is 0 Å². The number of piperidine rings is 1. The van der Waals surface area contributed by atoms with Crippen molar-refractivity contribution in [2.75, 3.05) is 26.2 Å². The van der Waals surface area contributed by atoms with E-state index in [-0.39, 0.29) is 6.10 Å². The molecule has 1 aromatic heterocycles. The van der Waals surface area contributed by atoms with Crippen molar-refractivity contribution in [3.05, 3.63) is 18.0 Å². The van der Waals surface area contributed by atoms with Gasteiger partial charge in [0.2, 0.25) is 0 Å². The summed E-state index contributed by atoms with van der Waals surface area (Å²) in [6.45, 7) is 11.0. The Bertz CT molecular complexity index is 412. The van der Waals surface area contributed by atoms with Crippen LogP contribution in [0.15, 0.2) is 12.4 Å². The fourth-order valence-corrected chi connectivity index (χ4v) is 2.86. The smallest absolute Gasteiger partial charge is 0.0791 e. The molecule has 5 heteroatoms. The summed E-state index contributed by atoms with van der Waals surface area (Å²) in [5, 5.41) is 17.9. The molecule has 1 aliphatic rings. The van der Waals surface area contributed by atoms with Gasteiger partial charge in [0.15, 0.2) is 0 Å². The molecule has 1 aromatic rings. The Morgan fingerprint density at radius 3 is 2.71 bits per heavy atom. The molecule has 0 radical (unpaired) electrons. The van der Waals surface area contributed by atoms with E-state index in [1.54, 1.807) is 0 Å². The van der Waals surface area contributed by atoms with E-state index in [1.165, 1.54) is 18.4 Å². The summed E-state index contributed by atoms with van der Waals surface area (Å²) in [6.07, 6.45) is 6.15. The zero-order valence-corrected chi connectivity index (χ0v) is 13.6. The van der Waals surface area contributed by atoms with Crippen molar-refractivity contribution in [3.63, 3.8) is 0 Å². The molecule has 1 aliphatic heterocycles. The predicted molar refractivity (Wildman–Crippen MR) is 85.3 cm³/mol. The molecule has 0 spiro atoms. The Hall–Kier alpha value is -0.910. The molecule has 2 N–H and O–H groups in total. The van der Waals surface area contributed by atoms with Gasteiger partial charge in [-0.25, -0.2) is 0 Å². The second-order valence-corrected chi connectivity index (χ2v) is 6.69. The van der Waals surface area contributed by atoms with E-state index in [0.29, 0.717) is 12.6 Å². The number of aliphatic hydroxyl groups excluding tert-OH is 1. The quantitative estimate of drug-likeness (QED) is 0.795. The van der Waals surface area contributed by atoms with Crippen LogP contribution in [0.4, 0.5) is 0 Å². The average molecular weight is 294 g/mol. The number of likely N-dealkylation sites (tertiary alicyclic amines) is 1. The van der Waals surface area contributed by atoms with Crippen LogP contribution in [-0.4, -0.2) is 58.1 Å². The molecule has 1 fully saturated rings. The van der Waals surface area contributed by atoms with Crippen LogP contribution in [0, 0.1) is 12.8 Å². The van der Waals surface area contributed by atoms with Gasteiger partial charge < -0.3 is 15.3 Å². The minimum atomic E-state index is -0.291. The lowest BCUT2D eigenvalue weighted by Gasteiger charge is -2.32. The first-order valence-corrected chi connectivity index (χ1v) is 8.16. The third-order valence-electron chi connectivity index (χ3n) is 4.27. The lowest BCUT2D eigenvalue weighted by Crippen LogP contribution is -2.44. The second kappa shape index (κ2) is 7.92. The van der Waals surface area contributed by atoms with Crippen LogP contribution in [-0.2, 0) is 6.54 Å². The Kier molecular flexibility index (Phi) is 6.21. The highest BCUT2D eigenvalue weighted by atomic mass is 16.3. The number of β-amino-alcohol motifs (C(OH)–C–C–N with tert-alkyl or cyclic N) is 1.